The van der Waals surface area contributed by atoms with Crippen molar-refractivity contribution < 1.29 is 4.79 Å². The van der Waals surface area contributed by atoms with Crippen molar-refractivity contribution in [2.75, 3.05) is 5.32 Å². The zero-order valence-electron chi connectivity index (χ0n) is 12.5. The number of fused-ring (bicyclic) bond motifs is 1. The average molecular weight is 332 g/mol. The molecule has 0 saturated carbocycles. The first-order chi connectivity index (χ1) is 11.8. The number of carbonyl (C=O) groups is 1. The Morgan fingerprint density at radius 3 is 2.62 bits per heavy atom. The number of anilines is 1. The van der Waals surface area contributed by atoms with Gasteiger partial charge in [-0.2, -0.15) is 0 Å². The lowest BCUT2D eigenvalue weighted by molar-refractivity contribution is 0.102. The van der Waals surface area contributed by atoms with Crippen molar-refractivity contribution in [3.8, 4) is 10.6 Å². The van der Waals surface area contributed by atoms with Crippen molar-refractivity contribution in [3.63, 3.8) is 0 Å². The van der Waals surface area contributed by atoms with E-state index in [0.29, 0.717) is 16.2 Å². The summed E-state index contributed by atoms with van der Waals surface area (Å²) >= 11 is 1.34. The molecule has 0 fully saturated rings. The van der Waals surface area contributed by atoms with Gasteiger partial charge in [0.25, 0.3) is 5.91 Å². The Hall–Kier alpha value is -3.12. The van der Waals surface area contributed by atoms with E-state index in [1.807, 2.05) is 54.6 Å². The molecule has 0 saturated heterocycles. The number of pyridine rings is 1. The lowest BCUT2D eigenvalue weighted by atomic mass is 10.1. The van der Waals surface area contributed by atoms with E-state index in [9.17, 15) is 4.79 Å². The van der Waals surface area contributed by atoms with Crippen molar-refractivity contribution >= 4 is 33.3 Å². The van der Waals surface area contributed by atoms with Gasteiger partial charge in [0.15, 0.2) is 0 Å². The first-order valence-electron chi connectivity index (χ1n) is 7.35. The molecule has 4 rings (SSSR count). The summed E-state index contributed by atoms with van der Waals surface area (Å²) in [4.78, 5) is 16.9. The van der Waals surface area contributed by atoms with E-state index in [-0.39, 0.29) is 5.91 Å². The molecule has 4 aromatic rings. The fourth-order valence-corrected chi connectivity index (χ4v) is 3.17. The lowest BCUT2D eigenvalue weighted by Gasteiger charge is -2.04. The highest BCUT2D eigenvalue weighted by molar-refractivity contribution is 7.18. The van der Waals surface area contributed by atoms with Gasteiger partial charge in [0.05, 0.1) is 11.1 Å². The number of carbonyl (C=O) groups excluding carboxylic acids is 1. The summed E-state index contributed by atoms with van der Waals surface area (Å²) in [5.74, 6) is -0.241. The van der Waals surface area contributed by atoms with Gasteiger partial charge in [-0.1, -0.05) is 59.9 Å². The third-order valence-electron chi connectivity index (χ3n) is 3.54. The molecule has 0 aliphatic heterocycles. The average Bonchev–Trinajstić information content (AvgIpc) is 3.10. The summed E-state index contributed by atoms with van der Waals surface area (Å²) in [6.07, 6.45) is 1.68. The minimum Gasteiger partial charge on any atom is -0.296 e. The number of amides is 1. The van der Waals surface area contributed by atoms with Gasteiger partial charge in [-0.15, -0.1) is 10.2 Å². The highest BCUT2D eigenvalue weighted by Gasteiger charge is 2.14. The predicted molar refractivity (Wildman–Crippen MR) is 95.0 cm³/mol. The second-order valence-electron chi connectivity index (χ2n) is 5.11. The Kier molecular flexibility index (Phi) is 3.72. The van der Waals surface area contributed by atoms with Crippen molar-refractivity contribution in [2.24, 2.45) is 0 Å². The molecule has 116 valence electrons. The lowest BCUT2D eigenvalue weighted by Crippen LogP contribution is -2.12. The molecule has 2 heterocycles. The Balaban J connectivity index is 1.61. The maximum atomic E-state index is 12.6. The zero-order valence-corrected chi connectivity index (χ0v) is 13.3. The Morgan fingerprint density at radius 1 is 0.917 bits per heavy atom. The first kappa shape index (κ1) is 14.5. The fourth-order valence-electron chi connectivity index (χ4n) is 2.42. The minimum absolute atomic E-state index is 0.241. The van der Waals surface area contributed by atoms with Gasteiger partial charge < -0.3 is 0 Å². The monoisotopic (exact) mass is 332 g/mol. The number of hydrogen-bond acceptors (Lipinski definition) is 5. The fraction of sp³-hybridized carbons (Fsp3) is 0. The van der Waals surface area contributed by atoms with E-state index in [0.717, 1.165) is 16.0 Å². The van der Waals surface area contributed by atoms with Crippen LogP contribution < -0.4 is 5.32 Å². The smallest absolute Gasteiger partial charge is 0.259 e. The SMILES string of the molecule is O=C(Nc1nnc(-c2ccccc2)s1)c1cccc2cccnc12. The van der Waals surface area contributed by atoms with Crippen LogP contribution in [0.3, 0.4) is 0 Å². The third kappa shape index (κ3) is 2.75. The summed E-state index contributed by atoms with van der Waals surface area (Å²) in [6, 6.07) is 19.0. The second kappa shape index (κ2) is 6.17. The summed E-state index contributed by atoms with van der Waals surface area (Å²) in [6.45, 7) is 0. The highest BCUT2D eigenvalue weighted by atomic mass is 32.1. The number of benzene rings is 2. The first-order valence-corrected chi connectivity index (χ1v) is 8.17. The molecular formula is C18H12N4OS. The number of nitrogens with zero attached hydrogens (tertiary/aromatic N) is 3. The zero-order chi connectivity index (χ0) is 16.4. The molecule has 0 radical (unpaired) electrons. The van der Waals surface area contributed by atoms with Crippen LogP contribution in [-0.4, -0.2) is 21.1 Å². The van der Waals surface area contributed by atoms with Gasteiger partial charge in [-0.3, -0.25) is 15.1 Å². The van der Waals surface area contributed by atoms with Crippen LogP contribution in [0.4, 0.5) is 5.13 Å². The van der Waals surface area contributed by atoms with Crippen LogP contribution in [0.25, 0.3) is 21.5 Å². The van der Waals surface area contributed by atoms with Crippen LogP contribution >= 0.6 is 11.3 Å². The molecule has 0 aliphatic carbocycles. The van der Waals surface area contributed by atoms with E-state index in [1.54, 1.807) is 12.3 Å². The molecule has 0 atom stereocenters. The van der Waals surface area contributed by atoms with Crippen LogP contribution in [-0.2, 0) is 0 Å². The van der Waals surface area contributed by atoms with Crippen molar-refractivity contribution in [1.29, 1.82) is 0 Å². The second-order valence-corrected chi connectivity index (χ2v) is 6.09. The van der Waals surface area contributed by atoms with Crippen molar-refractivity contribution in [2.45, 2.75) is 0 Å². The van der Waals surface area contributed by atoms with Gasteiger partial charge >= 0.3 is 0 Å². The maximum Gasteiger partial charge on any atom is 0.259 e. The van der Waals surface area contributed by atoms with Gasteiger partial charge in [-0.05, 0) is 12.1 Å². The molecular weight excluding hydrogens is 320 g/mol. The minimum atomic E-state index is -0.241. The van der Waals surface area contributed by atoms with Gasteiger partial charge in [0.1, 0.15) is 5.01 Å². The molecule has 6 heteroatoms. The maximum absolute atomic E-state index is 12.6. The van der Waals surface area contributed by atoms with Crippen LogP contribution in [0, 0.1) is 0 Å². The van der Waals surface area contributed by atoms with E-state index in [2.05, 4.69) is 20.5 Å². The van der Waals surface area contributed by atoms with Gasteiger partial charge in [0, 0.05) is 17.1 Å². The topological polar surface area (TPSA) is 67.8 Å². The molecule has 0 aliphatic rings. The molecule has 5 nitrogen and oxygen atoms in total. The van der Waals surface area contributed by atoms with Crippen molar-refractivity contribution in [1.82, 2.24) is 15.2 Å². The van der Waals surface area contributed by atoms with E-state index < -0.39 is 0 Å². The van der Waals surface area contributed by atoms with E-state index in [1.165, 1.54) is 11.3 Å². The normalized spacial score (nSPS) is 10.7. The predicted octanol–water partition coefficient (Wildman–Crippen LogP) is 4.01. The molecule has 0 unspecified atom stereocenters. The number of aromatic nitrogens is 3. The number of nitrogens with one attached hydrogen (secondary N) is 1. The largest absolute Gasteiger partial charge is 0.296 e. The van der Waals surface area contributed by atoms with Crippen LogP contribution in [0.2, 0.25) is 0 Å². The molecule has 1 N–H and O–H groups in total. The number of rotatable bonds is 3. The van der Waals surface area contributed by atoms with Crippen LogP contribution in [0.5, 0.6) is 0 Å². The van der Waals surface area contributed by atoms with Crippen LogP contribution in [0.15, 0.2) is 66.9 Å². The summed E-state index contributed by atoms with van der Waals surface area (Å²) < 4.78 is 0. The molecule has 1 amide bonds. The summed E-state index contributed by atoms with van der Waals surface area (Å²) in [5.41, 5.74) is 2.16. The van der Waals surface area contributed by atoms with Crippen LogP contribution in [0.1, 0.15) is 10.4 Å². The third-order valence-corrected chi connectivity index (χ3v) is 4.43. The van der Waals surface area contributed by atoms with Gasteiger partial charge in [0.2, 0.25) is 5.13 Å². The Bertz CT molecular complexity index is 1010. The highest BCUT2D eigenvalue weighted by Crippen LogP contribution is 2.26. The Labute approximate surface area is 142 Å². The molecule has 2 aromatic carbocycles. The molecule has 24 heavy (non-hydrogen) atoms. The number of para-hydroxylation sites is 1. The molecule has 0 spiro atoms. The van der Waals surface area contributed by atoms with Crippen molar-refractivity contribution in [3.05, 3.63) is 72.4 Å². The summed E-state index contributed by atoms with van der Waals surface area (Å²) in [5, 5.41) is 13.1. The van der Waals surface area contributed by atoms with E-state index in [4.69, 9.17) is 0 Å². The quantitative estimate of drug-likeness (QED) is 0.615. The van der Waals surface area contributed by atoms with E-state index >= 15 is 0 Å². The summed E-state index contributed by atoms with van der Waals surface area (Å²) in [7, 11) is 0. The molecule has 0 bridgehead atoms. The standard InChI is InChI=1S/C18H12N4OS/c23-16(14-10-4-8-12-9-5-11-19-15(12)14)20-18-22-21-17(24-18)13-6-2-1-3-7-13/h1-11H,(H,20,22,23). The molecule has 2 aromatic heterocycles. The Morgan fingerprint density at radius 2 is 1.75 bits per heavy atom. The van der Waals surface area contributed by atoms with Gasteiger partial charge in [-0.25, -0.2) is 0 Å². The number of hydrogen-bond donors (Lipinski definition) is 1.